The fourth-order valence-corrected chi connectivity index (χ4v) is 5.28. The number of sulfone groups is 1. The molecule has 3 aromatic carbocycles. The normalized spacial score (nSPS) is 14.0. The van der Waals surface area contributed by atoms with E-state index < -0.39 is 9.84 Å². The Hall–Kier alpha value is -3.65. The molecule has 0 aromatic heterocycles. The van der Waals surface area contributed by atoms with Gasteiger partial charge in [0.15, 0.2) is 9.84 Å². The van der Waals surface area contributed by atoms with Gasteiger partial charge in [0, 0.05) is 37.4 Å². The third kappa shape index (κ3) is 5.82. The van der Waals surface area contributed by atoms with Crippen molar-refractivity contribution in [1.82, 2.24) is 10.2 Å². The average Bonchev–Trinajstić information content (AvgIpc) is 2.88. The molecule has 3 aromatic rings. The first kappa shape index (κ1) is 23.5. The van der Waals surface area contributed by atoms with Crippen molar-refractivity contribution in [3.8, 4) is 0 Å². The Morgan fingerprint density at radius 1 is 0.765 bits per heavy atom. The van der Waals surface area contributed by atoms with Gasteiger partial charge in [-0.25, -0.2) is 8.42 Å². The first-order valence-corrected chi connectivity index (χ1v) is 12.8. The maximum atomic E-state index is 12.5. The number of para-hydroxylation sites is 1. The van der Waals surface area contributed by atoms with Crippen molar-refractivity contribution in [3.05, 3.63) is 96.1 Å². The minimum absolute atomic E-state index is 0.0751. The summed E-state index contributed by atoms with van der Waals surface area (Å²) < 4.78 is 25.0. The third-order valence-electron chi connectivity index (χ3n) is 5.83. The maximum Gasteiger partial charge on any atom is 0.251 e. The summed E-state index contributed by atoms with van der Waals surface area (Å²) in [5, 5.41) is 2.67. The fourth-order valence-electron chi connectivity index (χ4n) is 3.91. The second-order valence-electron chi connectivity index (χ2n) is 8.16. The topological polar surface area (TPSA) is 86.8 Å². The Morgan fingerprint density at radius 2 is 1.35 bits per heavy atom. The molecule has 1 aliphatic heterocycles. The van der Waals surface area contributed by atoms with Gasteiger partial charge < -0.3 is 15.1 Å². The number of nitrogens with one attached hydrogen (secondary N) is 1. The summed E-state index contributed by atoms with van der Waals surface area (Å²) in [6.07, 6.45) is 0. The molecule has 1 saturated heterocycles. The van der Waals surface area contributed by atoms with Crippen molar-refractivity contribution >= 4 is 27.3 Å². The van der Waals surface area contributed by atoms with Gasteiger partial charge in [-0.1, -0.05) is 48.5 Å². The van der Waals surface area contributed by atoms with Gasteiger partial charge >= 0.3 is 0 Å². The fraction of sp³-hybridized carbons (Fsp3) is 0.231. The summed E-state index contributed by atoms with van der Waals surface area (Å²) in [5.41, 5.74) is 2.11. The number of amides is 2. The van der Waals surface area contributed by atoms with Crippen LogP contribution in [0.4, 0.5) is 5.69 Å². The van der Waals surface area contributed by atoms with Crippen LogP contribution in [0.3, 0.4) is 0 Å². The van der Waals surface area contributed by atoms with E-state index in [1.807, 2.05) is 18.2 Å². The second kappa shape index (κ2) is 10.5. The first-order valence-electron chi connectivity index (χ1n) is 11.1. The molecule has 0 unspecified atom stereocenters. The van der Waals surface area contributed by atoms with Gasteiger partial charge in [-0.2, -0.15) is 0 Å². The average molecular weight is 478 g/mol. The lowest BCUT2D eigenvalue weighted by atomic mass is 10.1. The van der Waals surface area contributed by atoms with Crippen molar-refractivity contribution in [1.29, 1.82) is 0 Å². The minimum atomic E-state index is -3.46. The maximum absolute atomic E-state index is 12.5. The molecule has 176 valence electrons. The van der Waals surface area contributed by atoms with Crippen molar-refractivity contribution in [3.63, 3.8) is 0 Å². The number of rotatable bonds is 7. The number of benzene rings is 3. The highest BCUT2D eigenvalue weighted by atomic mass is 32.2. The number of nitrogens with zero attached hydrogens (tertiary/aromatic N) is 2. The number of anilines is 1. The zero-order valence-corrected chi connectivity index (χ0v) is 19.6. The Balaban J connectivity index is 1.26. The summed E-state index contributed by atoms with van der Waals surface area (Å²) in [6.45, 7) is 2.63. The van der Waals surface area contributed by atoms with Crippen LogP contribution < -0.4 is 10.2 Å². The quantitative estimate of drug-likeness (QED) is 0.566. The van der Waals surface area contributed by atoms with E-state index in [4.69, 9.17) is 0 Å². The molecule has 1 heterocycles. The molecular weight excluding hydrogens is 450 g/mol. The number of hydrogen-bond acceptors (Lipinski definition) is 5. The van der Waals surface area contributed by atoms with Crippen LogP contribution in [0.5, 0.6) is 0 Å². The molecule has 0 radical (unpaired) electrons. The molecule has 1 N–H and O–H groups in total. The van der Waals surface area contributed by atoms with Crippen LogP contribution in [0.25, 0.3) is 0 Å². The van der Waals surface area contributed by atoms with Crippen molar-refractivity contribution < 1.29 is 18.0 Å². The SMILES string of the molecule is O=C(NCC(=O)N1CCN(c2ccccc2)CC1)c1ccc(CS(=O)(=O)c2ccccc2)cc1. The van der Waals surface area contributed by atoms with E-state index in [0.717, 1.165) is 18.8 Å². The van der Waals surface area contributed by atoms with Crippen LogP contribution in [-0.2, 0) is 20.4 Å². The van der Waals surface area contributed by atoms with Crippen molar-refractivity contribution in [2.24, 2.45) is 0 Å². The van der Waals surface area contributed by atoms with E-state index in [0.29, 0.717) is 24.2 Å². The molecular formula is C26H27N3O4S. The van der Waals surface area contributed by atoms with Crippen LogP contribution in [-0.4, -0.2) is 57.9 Å². The van der Waals surface area contributed by atoms with Gasteiger partial charge in [0.1, 0.15) is 0 Å². The van der Waals surface area contributed by atoms with Gasteiger partial charge in [-0.15, -0.1) is 0 Å². The molecule has 0 spiro atoms. The minimum Gasteiger partial charge on any atom is -0.368 e. The molecule has 2 amide bonds. The van der Waals surface area contributed by atoms with E-state index in [9.17, 15) is 18.0 Å². The molecule has 0 atom stereocenters. The van der Waals surface area contributed by atoms with E-state index >= 15 is 0 Å². The van der Waals surface area contributed by atoms with E-state index in [2.05, 4.69) is 22.3 Å². The second-order valence-corrected chi connectivity index (χ2v) is 10.1. The first-order chi connectivity index (χ1) is 16.4. The molecule has 0 bridgehead atoms. The van der Waals surface area contributed by atoms with Crippen LogP contribution in [0.2, 0.25) is 0 Å². The van der Waals surface area contributed by atoms with Crippen molar-refractivity contribution in [2.75, 3.05) is 37.6 Å². The van der Waals surface area contributed by atoms with Crippen LogP contribution in [0.1, 0.15) is 15.9 Å². The van der Waals surface area contributed by atoms with Gasteiger partial charge in [0.2, 0.25) is 5.91 Å². The third-order valence-corrected chi connectivity index (χ3v) is 7.53. The van der Waals surface area contributed by atoms with E-state index in [-0.39, 0.29) is 29.0 Å². The summed E-state index contributed by atoms with van der Waals surface area (Å²) in [4.78, 5) is 29.3. The number of hydrogen-bond donors (Lipinski definition) is 1. The molecule has 1 aliphatic rings. The Bertz CT molecular complexity index is 1220. The predicted molar refractivity (Wildman–Crippen MR) is 131 cm³/mol. The smallest absolute Gasteiger partial charge is 0.251 e. The molecule has 1 fully saturated rings. The highest BCUT2D eigenvalue weighted by Gasteiger charge is 2.22. The molecule has 0 aliphatic carbocycles. The molecule has 0 saturated carbocycles. The van der Waals surface area contributed by atoms with Gasteiger partial charge in [-0.3, -0.25) is 9.59 Å². The van der Waals surface area contributed by atoms with Crippen molar-refractivity contribution in [2.45, 2.75) is 10.6 Å². The zero-order valence-electron chi connectivity index (χ0n) is 18.8. The summed E-state index contributed by atoms with van der Waals surface area (Å²) in [7, 11) is -3.46. The van der Waals surface area contributed by atoms with Crippen LogP contribution >= 0.6 is 0 Å². The largest absolute Gasteiger partial charge is 0.368 e. The number of carbonyl (C=O) groups is 2. The lowest BCUT2D eigenvalue weighted by Crippen LogP contribution is -2.51. The van der Waals surface area contributed by atoms with E-state index in [1.54, 1.807) is 59.5 Å². The van der Waals surface area contributed by atoms with E-state index in [1.165, 1.54) is 0 Å². The van der Waals surface area contributed by atoms with Crippen LogP contribution in [0.15, 0.2) is 89.8 Å². The Morgan fingerprint density at radius 3 is 1.97 bits per heavy atom. The lowest BCUT2D eigenvalue weighted by Gasteiger charge is -2.36. The highest BCUT2D eigenvalue weighted by Crippen LogP contribution is 2.17. The monoisotopic (exact) mass is 477 g/mol. The molecule has 34 heavy (non-hydrogen) atoms. The summed E-state index contributed by atoms with van der Waals surface area (Å²) in [5.74, 6) is -0.632. The van der Waals surface area contributed by atoms with Crippen LogP contribution in [0, 0.1) is 0 Å². The van der Waals surface area contributed by atoms with Gasteiger partial charge in [0.05, 0.1) is 17.2 Å². The highest BCUT2D eigenvalue weighted by molar-refractivity contribution is 7.90. The standard InChI is InChI=1S/C26H27N3O4S/c30-25(29-17-15-28(16-18-29)23-7-3-1-4-8-23)19-27-26(31)22-13-11-21(12-14-22)20-34(32,33)24-9-5-2-6-10-24/h1-14H,15-20H2,(H,27,31). The molecule has 7 nitrogen and oxygen atoms in total. The Labute approximate surface area is 199 Å². The van der Waals surface area contributed by atoms with Gasteiger partial charge in [0.25, 0.3) is 5.91 Å². The lowest BCUT2D eigenvalue weighted by molar-refractivity contribution is -0.130. The number of carbonyl (C=O) groups excluding carboxylic acids is 2. The van der Waals surface area contributed by atoms with Gasteiger partial charge in [-0.05, 0) is 42.0 Å². The molecule has 4 rings (SSSR count). The Kier molecular flexibility index (Phi) is 7.27. The zero-order chi connectivity index (χ0) is 24.0. The predicted octanol–water partition coefficient (Wildman–Crippen LogP) is 2.74. The summed E-state index contributed by atoms with van der Waals surface area (Å²) in [6, 6.07) is 24.8. The summed E-state index contributed by atoms with van der Waals surface area (Å²) >= 11 is 0. The molecule has 8 heteroatoms. The number of piperazine rings is 1.